The van der Waals surface area contributed by atoms with E-state index in [2.05, 4.69) is 31.2 Å². The summed E-state index contributed by atoms with van der Waals surface area (Å²) >= 11 is 0. The highest BCUT2D eigenvalue weighted by Crippen LogP contribution is 2.30. The SMILES string of the molecule is Cc1nccc(C(=O)Nc2cccc(N3CCN(CC4CC4)CC3)c2)n1. The van der Waals surface area contributed by atoms with Gasteiger partial charge in [-0.3, -0.25) is 9.69 Å². The topological polar surface area (TPSA) is 61.4 Å². The number of aryl methyl sites for hydroxylation is 1. The Bertz CT molecular complexity index is 781. The molecule has 2 heterocycles. The lowest BCUT2D eigenvalue weighted by Gasteiger charge is -2.36. The molecule has 0 atom stereocenters. The number of hydrogen-bond donors (Lipinski definition) is 1. The van der Waals surface area contributed by atoms with Gasteiger partial charge in [-0.2, -0.15) is 0 Å². The van der Waals surface area contributed by atoms with Crippen LogP contribution in [0.3, 0.4) is 0 Å². The number of benzene rings is 1. The molecule has 2 fully saturated rings. The Hall–Kier alpha value is -2.47. The number of amides is 1. The van der Waals surface area contributed by atoms with Gasteiger partial charge in [-0.05, 0) is 49.9 Å². The number of piperazine rings is 1. The number of nitrogens with zero attached hydrogens (tertiary/aromatic N) is 4. The minimum atomic E-state index is -0.207. The van der Waals surface area contributed by atoms with Gasteiger partial charge in [-0.25, -0.2) is 9.97 Å². The molecular formula is C20H25N5O. The zero-order valence-corrected chi connectivity index (χ0v) is 15.2. The van der Waals surface area contributed by atoms with E-state index in [0.717, 1.165) is 43.5 Å². The fourth-order valence-electron chi connectivity index (χ4n) is 3.41. The summed E-state index contributed by atoms with van der Waals surface area (Å²) < 4.78 is 0. The molecule has 6 heteroatoms. The van der Waals surface area contributed by atoms with Crippen molar-refractivity contribution in [3.63, 3.8) is 0 Å². The highest BCUT2D eigenvalue weighted by atomic mass is 16.1. The van der Waals surface area contributed by atoms with Crippen molar-refractivity contribution in [2.45, 2.75) is 19.8 Å². The highest BCUT2D eigenvalue weighted by molar-refractivity contribution is 6.03. The molecule has 6 nitrogen and oxygen atoms in total. The van der Waals surface area contributed by atoms with Crippen LogP contribution in [0.4, 0.5) is 11.4 Å². The van der Waals surface area contributed by atoms with Gasteiger partial charge < -0.3 is 10.2 Å². The zero-order chi connectivity index (χ0) is 17.9. The molecule has 1 N–H and O–H groups in total. The van der Waals surface area contributed by atoms with Gasteiger partial charge in [0.1, 0.15) is 11.5 Å². The molecule has 4 rings (SSSR count). The molecule has 1 aromatic carbocycles. The summed E-state index contributed by atoms with van der Waals surface area (Å²) in [5.41, 5.74) is 2.34. The lowest BCUT2D eigenvalue weighted by atomic mass is 10.2. The van der Waals surface area contributed by atoms with E-state index in [4.69, 9.17) is 0 Å². The second-order valence-electron chi connectivity index (χ2n) is 7.22. The standard InChI is InChI=1S/C20H25N5O/c1-15-21-8-7-19(22-15)20(26)23-17-3-2-4-18(13-17)25-11-9-24(10-12-25)14-16-5-6-16/h2-4,7-8,13,16H,5-6,9-12,14H2,1H3,(H,23,26). The van der Waals surface area contributed by atoms with Gasteiger partial charge in [0.25, 0.3) is 5.91 Å². The predicted molar refractivity (Wildman–Crippen MR) is 103 cm³/mol. The average Bonchev–Trinajstić information content (AvgIpc) is 3.47. The van der Waals surface area contributed by atoms with E-state index in [1.54, 1.807) is 19.2 Å². The molecule has 0 unspecified atom stereocenters. The van der Waals surface area contributed by atoms with Gasteiger partial charge in [-0.15, -0.1) is 0 Å². The predicted octanol–water partition coefficient (Wildman–Crippen LogP) is 2.57. The normalized spacial score (nSPS) is 18.0. The van der Waals surface area contributed by atoms with Crippen LogP contribution >= 0.6 is 0 Å². The molecule has 1 amide bonds. The number of carbonyl (C=O) groups is 1. The third-order valence-corrected chi connectivity index (χ3v) is 5.06. The second kappa shape index (κ2) is 7.41. The Balaban J connectivity index is 1.38. The highest BCUT2D eigenvalue weighted by Gasteiger charge is 2.26. The van der Waals surface area contributed by atoms with E-state index < -0.39 is 0 Å². The molecule has 2 aromatic rings. The van der Waals surface area contributed by atoms with Crippen LogP contribution in [0, 0.1) is 12.8 Å². The Morgan fingerprint density at radius 1 is 1.19 bits per heavy atom. The van der Waals surface area contributed by atoms with Crippen LogP contribution < -0.4 is 10.2 Å². The van der Waals surface area contributed by atoms with Crippen LogP contribution in [-0.2, 0) is 0 Å². The van der Waals surface area contributed by atoms with Crippen LogP contribution in [0.25, 0.3) is 0 Å². The van der Waals surface area contributed by atoms with Gasteiger partial charge in [-0.1, -0.05) is 6.07 Å². The zero-order valence-electron chi connectivity index (χ0n) is 15.2. The number of carbonyl (C=O) groups excluding carboxylic acids is 1. The van der Waals surface area contributed by atoms with Crippen molar-refractivity contribution >= 4 is 17.3 Å². The largest absolute Gasteiger partial charge is 0.369 e. The molecule has 0 bridgehead atoms. The van der Waals surface area contributed by atoms with E-state index in [1.165, 1.54) is 19.4 Å². The van der Waals surface area contributed by atoms with Crippen LogP contribution in [0.5, 0.6) is 0 Å². The smallest absolute Gasteiger partial charge is 0.274 e. The molecule has 0 radical (unpaired) electrons. The summed E-state index contributed by atoms with van der Waals surface area (Å²) in [5.74, 6) is 1.34. The molecule has 1 saturated heterocycles. The summed E-state index contributed by atoms with van der Waals surface area (Å²) in [6.45, 7) is 7.35. The monoisotopic (exact) mass is 351 g/mol. The van der Waals surface area contributed by atoms with Crippen molar-refractivity contribution in [1.82, 2.24) is 14.9 Å². The molecule has 26 heavy (non-hydrogen) atoms. The van der Waals surface area contributed by atoms with E-state index in [9.17, 15) is 4.79 Å². The minimum Gasteiger partial charge on any atom is -0.369 e. The number of anilines is 2. The van der Waals surface area contributed by atoms with Crippen LogP contribution in [0.1, 0.15) is 29.2 Å². The lowest BCUT2D eigenvalue weighted by Crippen LogP contribution is -2.47. The Morgan fingerprint density at radius 3 is 2.73 bits per heavy atom. The average molecular weight is 351 g/mol. The van der Waals surface area contributed by atoms with Gasteiger partial charge in [0.2, 0.25) is 0 Å². The summed E-state index contributed by atoms with van der Waals surface area (Å²) in [6, 6.07) is 9.69. The van der Waals surface area contributed by atoms with Gasteiger partial charge in [0.05, 0.1) is 0 Å². The Labute approximate surface area is 154 Å². The maximum absolute atomic E-state index is 12.4. The Kier molecular flexibility index (Phi) is 4.84. The molecule has 1 aromatic heterocycles. The van der Waals surface area contributed by atoms with Crippen molar-refractivity contribution in [3.8, 4) is 0 Å². The molecule has 1 aliphatic heterocycles. The molecule has 0 spiro atoms. The fraction of sp³-hybridized carbons (Fsp3) is 0.450. The first-order chi connectivity index (χ1) is 12.7. The maximum Gasteiger partial charge on any atom is 0.274 e. The molecule has 136 valence electrons. The summed E-state index contributed by atoms with van der Waals surface area (Å²) in [5, 5.41) is 2.94. The summed E-state index contributed by atoms with van der Waals surface area (Å²) in [7, 11) is 0. The van der Waals surface area contributed by atoms with Crippen LogP contribution in [0.15, 0.2) is 36.5 Å². The fourth-order valence-corrected chi connectivity index (χ4v) is 3.41. The van der Waals surface area contributed by atoms with Crippen LogP contribution in [0.2, 0.25) is 0 Å². The third kappa shape index (κ3) is 4.19. The van der Waals surface area contributed by atoms with Crippen molar-refractivity contribution in [3.05, 3.63) is 48.0 Å². The Morgan fingerprint density at radius 2 is 2.00 bits per heavy atom. The third-order valence-electron chi connectivity index (χ3n) is 5.06. The van der Waals surface area contributed by atoms with Gasteiger partial charge in [0.15, 0.2) is 0 Å². The summed E-state index contributed by atoms with van der Waals surface area (Å²) in [4.78, 5) is 25.6. The van der Waals surface area contributed by atoms with E-state index in [1.807, 2.05) is 18.2 Å². The molecular weight excluding hydrogens is 326 g/mol. The van der Waals surface area contributed by atoms with Crippen molar-refractivity contribution in [2.75, 3.05) is 42.9 Å². The first-order valence-electron chi connectivity index (χ1n) is 9.36. The quantitative estimate of drug-likeness (QED) is 0.897. The van der Waals surface area contributed by atoms with Gasteiger partial charge in [0, 0.05) is 50.3 Å². The van der Waals surface area contributed by atoms with E-state index in [-0.39, 0.29) is 5.91 Å². The lowest BCUT2D eigenvalue weighted by molar-refractivity contribution is 0.102. The number of nitrogens with one attached hydrogen (secondary N) is 1. The number of aromatic nitrogens is 2. The molecule has 2 aliphatic rings. The number of hydrogen-bond acceptors (Lipinski definition) is 5. The van der Waals surface area contributed by atoms with Crippen LogP contribution in [-0.4, -0.2) is 53.5 Å². The van der Waals surface area contributed by atoms with Gasteiger partial charge >= 0.3 is 0 Å². The van der Waals surface area contributed by atoms with E-state index >= 15 is 0 Å². The maximum atomic E-state index is 12.4. The van der Waals surface area contributed by atoms with E-state index in [0.29, 0.717) is 11.5 Å². The molecule has 1 saturated carbocycles. The molecule has 1 aliphatic carbocycles. The minimum absolute atomic E-state index is 0.207. The van der Waals surface area contributed by atoms with Crippen molar-refractivity contribution in [2.24, 2.45) is 5.92 Å². The first-order valence-corrected chi connectivity index (χ1v) is 9.36. The number of rotatable bonds is 5. The first kappa shape index (κ1) is 17.0. The summed E-state index contributed by atoms with van der Waals surface area (Å²) in [6.07, 6.45) is 4.43. The second-order valence-corrected chi connectivity index (χ2v) is 7.22. The van der Waals surface area contributed by atoms with Crippen molar-refractivity contribution < 1.29 is 4.79 Å². The van der Waals surface area contributed by atoms with Crippen molar-refractivity contribution in [1.29, 1.82) is 0 Å².